The summed E-state index contributed by atoms with van der Waals surface area (Å²) in [5, 5.41) is 11.0. The van der Waals surface area contributed by atoms with E-state index in [0.29, 0.717) is 35.1 Å². The number of hydrogen-bond acceptors (Lipinski definition) is 4. The van der Waals surface area contributed by atoms with E-state index in [9.17, 15) is 9.90 Å². The Morgan fingerprint density at radius 3 is 2.65 bits per heavy atom. The molecule has 7 nitrogen and oxygen atoms in total. The number of para-hydroxylation sites is 1. The molecule has 2 aromatic carbocycles. The van der Waals surface area contributed by atoms with E-state index in [-0.39, 0.29) is 5.56 Å². The maximum absolute atomic E-state index is 12.1. The molecule has 0 radical (unpaired) electrons. The van der Waals surface area contributed by atoms with E-state index in [1.807, 2.05) is 28.8 Å². The first kappa shape index (κ1) is 20.5. The summed E-state index contributed by atoms with van der Waals surface area (Å²) in [5.41, 5.74) is 4.22. The van der Waals surface area contributed by atoms with Crippen molar-refractivity contribution in [1.29, 1.82) is 0 Å². The first-order valence-corrected chi connectivity index (χ1v) is 11.4. The lowest BCUT2D eigenvalue weighted by Gasteiger charge is -2.14. The monoisotopic (exact) mass is 452 g/mol. The lowest BCUT2D eigenvalue weighted by Crippen LogP contribution is -2.08. The Kier molecular flexibility index (Phi) is 4.83. The van der Waals surface area contributed by atoms with E-state index >= 15 is 0 Å². The molecular formula is C27H24N4O3. The van der Waals surface area contributed by atoms with Crippen molar-refractivity contribution in [2.45, 2.75) is 25.9 Å². The minimum atomic E-state index is -1.01. The number of aromatic nitrogens is 4. The normalized spacial score (nSPS) is 13.6. The van der Waals surface area contributed by atoms with E-state index < -0.39 is 5.97 Å². The number of pyridine rings is 1. The fourth-order valence-electron chi connectivity index (χ4n) is 4.70. The third-order valence-electron chi connectivity index (χ3n) is 6.53. The highest BCUT2D eigenvalue weighted by Crippen LogP contribution is 2.38. The van der Waals surface area contributed by atoms with Crippen LogP contribution in [0.3, 0.4) is 0 Å². The fraction of sp³-hybridized carbons (Fsp3) is 0.222. The molecule has 0 aliphatic heterocycles. The lowest BCUT2D eigenvalue weighted by atomic mass is 10.1. The Labute approximate surface area is 196 Å². The molecule has 1 aliphatic carbocycles. The zero-order valence-corrected chi connectivity index (χ0v) is 18.8. The van der Waals surface area contributed by atoms with Crippen molar-refractivity contribution in [3.63, 3.8) is 0 Å². The summed E-state index contributed by atoms with van der Waals surface area (Å²) in [4.78, 5) is 21.5. The second-order valence-electron chi connectivity index (χ2n) is 8.80. The Balaban J connectivity index is 1.67. The SMILES string of the molecule is COc1ccc(C(=O)O)c2nc(-c3cc4ccccc4n3CC3CC3)n(Cc3ccccn3)c12. The van der Waals surface area contributed by atoms with Crippen molar-refractivity contribution < 1.29 is 14.6 Å². The van der Waals surface area contributed by atoms with Gasteiger partial charge < -0.3 is 19.0 Å². The average molecular weight is 453 g/mol. The largest absolute Gasteiger partial charge is 0.494 e. The zero-order valence-electron chi connectivity index (χ0n) is 18.8. The van der Waals surface area contributed by atoms with Crippen LogP contribution in [-0.2, 0) is 13.1 Å². The Morgan fingerprint density at radius 1 is 1.09 bits per heavy atom. The highest BCUT2D eigenvalue weighted by molar-refractivity contribution is 6.04. The highest BCUT2D eigenvalue weighted by Gasteiger charge is 2.27. The topological polar surface area (TPSA) is 82.2 Å². The predicted molar refractivity (Wildman–Crippen MR) is 130 cm³/mol. The van der Waals surface area contributed by atoms with Crippen LogP contribution < -0.4 is 4.74 Å². The van der Waals surface area contributed by atoms with Crippen molar-refractivity contribution >= 4 is 27.9 Å². The minimum Gasteiger partial charge on any atom is -0.494 e. The van der Waals surface area contributed by atoms with Gasteiger partial charge in [-0.2, -0.15) is 0 Å². The minimum absolute atomic E-state index is 0.154. The number of nitrogens with zero attached hydrogens (tertiary/aromatic N) is 4. The number of aromatic carboxylic acids is 1. The van der Waals surface area contributed by atoms with Gasteiger partial charge in [-0.1, -0.05) is 24.3 Å². The molecule has 7 heteroatoms. The van der Waals surface area contributed by atoms with Crippen molar-refractivity contribution in [2.75, 3.05) is 7.11 Å². The van der Waals surface area contributed by atoms with Crippen LogP contribution in [0.15, 0.2) is 66.9 Å². The van der Waals surface area contributed by atoms with Crippen molar-refractivity contribution in [2.24, 2.45) is 5.92 Å². The molecule has 0 amide bonds. The fourth-order valence-corrected chi connectivity index (χ4v) is 4.70. The molecule has 34 heavy (non-hydrogen) atoms. The first-order chi connectivity index (χ1) is 16.6. The predicted octanol–water partition coefficient (Wildman–Crippen LogP) is 5.22. The van der Waals surface area contributed by atoms with Gasteiger partial charge in [0, 0.05) is 23.6 Å². The standard InChI is InChI=1S/C27H24N4O3/c1-34-23-12-11-20(27(32)33)24-25(23)31(16-19-7-4-5-13-28-19)26(29-24)22-14-18-6-2-3-8-21(18)30(22)15-17-9-10-17/h2-8,11-14,17H,9-10,15-16H2,1H3,(H,32,33). The molecule has 3 heterocycles. The van der Waals surface area contributed by atoms with Crippen molar-refractivity contribution in [3.05, 3.63) is 78.1 Å². The summed E-state index contributed by atoms with van der Waals surface area (Å²) < 4.78 is 10.0. The van der Waals surface area contributed by atoms with E-state index in [2.05, 4.69) is 33.8 Å². The van der Waals surface area contributed by atoms with Crippen LogP contribution >= 0.6 is 0 Å². The molecule has 5 aromatic rings. The first-order valence-electron chi connectivity index (χ1n) is 11.4. The molecule has 0 spiro atoms. The van der Waals surface area contributed by atoms with Gasteiger partial charge in [-0.25, -0.2) is 9.78 Å². The average Bonchev–Trinajstić information content (AvgIpc) is 3.50. The Morgan fingerprint density at radius 2 is 1.91 bits per heavy atom. The van der Waals surface area contributed by atoms with Gasteiger partial charge in [0.05, 0.1) is 30.6 Å². The second-order valence-corrected chi connectivity index (χ2v) is 8.80. The summed E-state index contributed by atoms with van der Waals surface area (Å²) in [6.07, 6.45) is 4.22. The van der Waals surface area contributed by atoms with E-state index in [4.69, 9.17) is 9.72 Å². The van der Waals surface area contributed by atoms with Gasteiger partial charge in [0.2, 0.25) is 0 Å². The summed E-state index contributed by atoms with van der Waals surface area (Å²) >= 11 is 0. The molecule has 0 bridgehead atoms. The molecule has 0 unspecified atom stereocenters. The van der Waals surface area contributed by atoms with Gasteiger partial charge in [-0.3, -0.25) is 4.98 Å². The molecule has 1 N–H and O–H groups in total. The van der Waals surface area contributed by atoms with E-state index in [1.165, 1.54) is 12.8 Å². The Hall–Kier alpha value is -4.13. The zero-order chi connectivity index (χ0) is 23.2. The molecule has 0 saturated heterocycles. The number of carbonyl (C=O) groups is 1. The quantitative estimate of drug-likeness (QED) is 0.366. The van der Waals surface area contributed by atoms with Gasteiger partial charge in [0.15, 0.2) is 5.82 Å². The van der Waals surface area contributed by atoms with Gasteiger partial charge in [-0.05, 0) is 55.2 Å². The molecule has 1 aliphatic rings. The van der Waals surface area contributed by atoms with Gasteiger partial charge in [-0.15, -0.1) is 0 Å². The van der Waals surface area contributed by atoms with Gasteiger partial charge in [0.1, 0.15) is 16.8 Å². The van der Waals surface area contributed by atoms with Crippen LogP contribution in [-0.4, -0.2) is 37.3 Å². The van der Waals surface area contributed by atoms with E-state index in [0.717, 1.165) is 28.8 Å². The maximum Gasteiger partial charge on any atom is 0.337 e. The molecule has 0 atom stereocenters. The Bertz CT molecular complexity index is 1530. The van der Waals surface area contributed by atoms with E-state index in [1.54, 1.807) is 25.4 Å². The third kappa shape index (κ3) is 3.41. The number of benzene rings is 2. The molecule has 6 rings (SSSR count). The van der Waals surface area contributed by atoms with Gasteiger partial charge >= 0.3 is 5.97 Å². The van der Waals surface area contributed by atoms with Crippen LogP contribution in [0.25, 0.3) is 33.5 Å². The van der Waals surface area contributed by atoms with Crippen molar-refractivity contribution in [1.82, 2.24) is 19.1 Å². The number of imidazole rings is 1. The molecule has 1 saturated carbocycles. The van der Waals surface area contributed by atoms with Crippen LogP contribution in [0.4, 0.5) is 0 Å². The van der Waals surface area contributed by atoms with Gasteiger partial charge in [0.25, 0.3) is 0 Å². The summed E-state index contributed by atoms with van der Waals surface area (Å²) in [5.74, 6) is 0.941. The molecule has 170 valence electrons. The maximum atomic E-state index is 12.1. The number of carboxylic acid groups (broad SMARTS) is 1. The van der Waals surface area contributed by atoms with Crippen LogP contribution in [0.2, 0.25) is 0 Å². The van der Waals surface area contributed by atoms with Crippen LogP contribution in [0.5, 0.6) is 5.75 Å². The molecule has 3 aromatic heterocycles. The smallest absolute Gasteiger partial charge is 0.337 e. The molecular weight excluding hydrogens is 428 g/mol. The lowest BCUT2D eigenvalue weighted by molar-refractivity contribution is 0.0699. The summed E-state index contributed by atoms with van der Waals surface area (Å²) in [6, 6.07) is 19.5. The number of ether oxygens (including phenoxy) is 1. The van der Waals surface area contributed by atoms with Crippen LogP contribution in [0.1, 0.15) is 28.9 Å². The third-order valence-corrected chi connectivity index (χ3v) is 6.53. The van der Waals surface area contributed by atoms with Crippen LogP contribution in [0, 0.1) is 5.92 Å². The number of fused-ring (bicyclic) bond motifs is 2. The summed E-state index contributed by atoms with van der Waals surface area (Å²) in [7, 11) is 1.59. The highest BCUT2D eigenvalue weighted by atomic mass is 16.5. The number of rotatable bonds is 7. The summed E-state index contributed by atoms with van der Waals surface area (Å²) in [6.45, 7) is 1.36. The number of carboxylic acids is 1. The van der Waals surface area contributed by atoms with Crippen molar-refractivity contribution in [3.8, 4) is 17.3 Å². The second kappa shape index (κ2) is 8.02. The number of hydrogen-bond donors (Lipinski definition) is 1. The number of methoxy groups -OCH3 is 1. The molecule has 1 fully saturated rings.